The number of ether oxygens (including phenoxy) is 2. The zero-order valence-corrected chi connectivity index (χ0v) is 16.2. The van der Waals surface area contributed by atoms with Gasteiger partial charge in [0.15, 0.2) is 9.84 Å². The molecule has 0 saturated carbocycles. The number of rotatable bonds is 4. The van der Waals surface area contributed by atoms with Crippen molar-refractivity contribution in [1.82, 2.24) is 4.90 Å². The minimum absolute atomic E-state index is 0.0292. The van der Waals surface area contributed by atoms with E-state index in [1.165, 1.54) is 16.7 Å². The summed E-state index contributed by atoms with van der Waals surface area (Å²) in [5, 5.41) is 0. The lowest BCUT2D eigenvalue weighted by Crippen LogP contribution is -2.39. The molecule has 6 nitrogen and oxygen atoms in total. The Kier molecular flexibility index (Phi) is 5.08. The van der Waals surface area contributed by atoms with Crippen molar-refractivity contribution in [2.45, 2.75) is 12.5 Å². The van der Waals surface area contributed by atoms with Crippen molar-refractivity contribution in [3.8, 4) is 11.5 Å². The number of amides is 1. The first-order valence-electron chi connectivity index (χ1n) is 7.54. The summed E-state index contributed by atoms with van der Waals surface area (Å²) >= 11 is 6.48. The molecule has 3 rings (SSSR count). The second-order valence-electron chi connectivity index (χ2n) is 5.72. The number of carbonyl (C=O) groups is 1. The maximum Gasteiger partial charge on any atom is 0.266 e. The van der Waals surface area contributed by atoms with E-state index in [9.17, 15) is 13.2 Å². The van der Waals surface area contributed by atoms with Gasteiger partial charge in [0.25, 0.3) is 5.91 Å². The van der Waals surface area contributed by atoms with Gasteiger partial charge in [-0.3, -0.25) is 9.69 Å². The topological polar surface area (TPSA) is 72.9 Å². The Morgan fingerprint density at radius 2 is 2.08 bits per heavy atom. The molecule has 0 aromatic heterocycles. The predicted molar refractivity (Wildman–Crippen MR) is 102 cm³/mol. The van der Waals surface area contributed by atoms with Gasteiger partial charge in [-0.2, -0.15) is 0 Å². The van der Waals surface area contributed by atoms with Crippen LogP contribution in [0.15, 0.2) is 23.1 Å². The second kappa shape index (κ2) is 6.97. The van der Waals surface area contributed by atoms with Gasteiger partial charge in [-0.05, 0) is 24.6 Å². The van der Waals surface area contributed by atoms with Crippen LogP contribution in [-0.2, 0) is 14.6 Å². The van der Waals surface area contributed by atoms with Crippen LogP contribution < -0.4 is 9.47 Å². The quantitative estimate of drug-likeness (QED) is 0.567. The van der Waals surface area contributed by atoms with Crippen molar-refractivity contribution in [2.75, 3.05) is 25.7 Å². The molecule has 2 saturated heterocycles. The molecule has 0 N–H and O–H groups in total. The zero-order valence-electron chi connectivity index (χ0n) is 13.7. The Bertz CT molecular complexity index is 863. The maximum atomic E-state index is 12.7. The molecule has 0 aliphatic carbocycles. The number of carbonyl (C=O) groups excluding carboxylic acids is 1. The number of benzene rings is 1. The Balaban J connectivity index is 1.88. The van der Waals surface area contributed by atoms with Gasteiger partial charge >= 0.3 is 0 Å². The number of nitrogens with zero attached hydrogens (tertiary/aromatic N) is 1. The number of sulfone groups is 1. The van der Waals surface area contributed by atoms with Crippen LogP contribution in [0, 0.1) is 0 Å². The monoisotopic (exact) mass is 399 g/mol. The first-order valence-corrected chi connectivity index (χ1v) is 10.6. The third-order valence-corrected chi connectivity index (χ3v) is 7.21. The van der Waals surface area contributed by atoms with E-state index in [2.05, 4.69) is 0 Å². The van der Waals surface area contributed by atoms with Crippen LogP contribution in [0.4, 0.5) is 0 Å². The molecule has 1 unspecified atom stereocenters. The van der Waals surface area contributed by atoms with Crippen LogP contribution >= 0.6 is 24.0 Å². The van der Waals surface area contributed by atoms with Gasteiger partial charge in [-0.1, -0.05) is 24.0 Å². The number of thioether (sulfide) groups is 1. The summed E-state index contributed by atoms with van der Waals surface area (Å²) in [6.07, 6.45) is 2.13. The molecule has 1 amide bonds. The summed E-state index contributed by atoms with van der Waals surface area (Å²) in [5.74, 6) is 1.04. The van der Waals surface area contributed by atoms with Gasteiger partial charge in [0.1, 0.15) is 15.8 Å². The van der Waals surface area contributed by atoms with E-state index >= 15 is 0 Å². The lowest BCUT2D eigenvalue weighted by molar-refractivity contribution is -0.123. The van der Waals surface area contributed by atoms with Gasteiger partial charge in [0.05, 0.1) is 36.7 Å². The van der Waals surface area contributed by atoms with E-state index < -0.39 is 9.84 Å². The van der Waals surface area contributed by atoms with Crippen LogP contribution in [0.2, 0.25) is 0 Å². The number of methoxy groups -OCH3 is 2. The highest BCUT2D eigenvalue weighted by Crippen LogP contribution is 2.37. The van der Waals surface area contributed by atoms with Crippen molar-refractivity contribution in [2.24, 2.45) is 0 Å². The molecule has 2 aliphatic rings. The van der Waals surface area contributed by atoms with Crippen LogP contribution in [0.1, 0.15) is 12.0 Å². The molecule has 0 bridgehead atoms. The van der Waals surface area contributed by atoms with Crippen molar-refractivity contribution >= 4 is 50.1 Å². The molecular weight excluding hydrogens is 382 g/mol. The minimum atomic E-state index is -3.09. The van der Waals surface area contributed by atoms with Crippen LogP contribution in [-0.4, -0.2) is 55.3 Å². The van der Waals surface area contributed by atoms with Crippen molar-refractivity contribution in [3.05, 3.63) is 28.7 Å². The van der Waals surface area contributed by atoms with Crippen molar-refractivity contribution < 1.29 is 22.7 Å². The number of hydrogen-bond donors (Lipinski definition) is 0. The fourth-order valence-corrected chi connectivity index (χ4v) is 5.94. The van der Waals surface area contributed by atoms with Gasteiger partial charge in [0, 0.05) is 11.6 Å². The first-order chi connectivity index (χ1) is 11.8. The first kappa shape index (κ1) is 18.2. The summed E-state index contributed by atoms with van der Waals surface area (Å²) in [7, 11) is 0.0165. The van der Waals surface area contributed by atoms with Crippen LogP contribution in [0.25, 0.3) is 6.08 Å². The third-order valence-electron chi connectivity index (χ3n) is 4.12. The Morgan fingerprint density at radius 3 is 2.68 bits per heavy atom. The van der Waals surface area contributed by atoms with Gasteiger partial charge < -0.3 is 9.47 Å². The fourth-order valence-electron chi connectivity index (χ4n) is 2.85. The molecular formula is C16H17NO5S3. The minimum Gasteiger partial charge on any atom is -0.497 e. The highest BCUT2D eigenvalue weighted by Gasteiger charge is 2.42. The van der Waals surface area contributed by atoms with Gasteiger partial charge in [0.2, 0.25) is 0 Å². The van der Waals surface area contributed by atoms with E-state index in [0.29, 0.717) is 27.1 Å². The maximum absolute atomic E-state index is 12.7. The molecule has 134 valence electrons. The molecule has 25 heavy (non-hydrogen) atoms. The summed E-state index contributed by atoms with van der Waals surface area (Å²) in [4.78, 5) is 14.6. The predicted octanol–water partition coefficient (Wildman–Crippen LogP) is 2.09. The molecule has 9 heteroatoms. The average Bonchev–Trinajstić information content (AvgIpc) is 3.06. The molecule has 2 aliphatic heterocycles. The Morgan fingerprint density at radius 1 is 1.32 bits per heavy atom. The fraction of sp³-hybridized carbons (Fsp3) is 0.375. The SMILES string of the molecule is COc1ccc(/C=C2\SC(=S)N(C3CCS(=O)(=O)C3)C2=O)c(OC)c1. The molecule has 0 radical (unpaired) electrons. The smallest absolute Gasteiger partial charge is 0.266 e. The van der Waals surface area contributed by atoms with Crippen LogP contribution in [0.5, 0.6) is 11.5 Å². The van der Waals surface area contributed by atoms with E-state index in [4.69, 9.17) is 21.7 Å². The molecule has 0 spiro atoms. The third kappa shape index (κ3) is 3.68. The van der Waals surface area contributed by atoms with Gasteiger partial charge in [-0.25, -0.2) is 8.42 Å². The van der Waals surface area contributed by atoms with Crippen LogP contribution in [0.3, 0.4) is 0 Å². The Labute approximate surface area is 156 Å². The van der Waals surface area contributed by atoms with E-state index in [0.717, 1.165) is 5.56 Å². The van der Waals surface area contributed by atoms with Crippen molar-refractivity contribution in [3.63, 3.8) is 0 Å². The normalized spacial score (nSPS) is 24.2. The number of hydrogen-bond acceptors (Lipinski definition) is 7. The standard InChI is InChI=1S/C16H17NO5S3/c1-21-12-4-3-10(13(8-12)22-2)7-14-15(18)17(16(23)24-14)11-5-6-25(19,20)9-11/h3-4,7-8,11H,5-6,9H2,1-2H3/b14-7-. The summed E-state index contributed by atoms with van der Waals surface area (Å²) in [6.45, 7) is 0. The highest BCUT2D eigenvalue weighted by atomic mass is 32.2. The van der Waals surface area contributed by atoms with E-state index in [1.54, 1.807) is 38.5 Å². The van der Waals surface area contributed by atoms with E-state index in [-0.39, 0.29) is 23.5 Å². The van der Waals surface area contributed by atoms with Gasteiger partial charge in [-0.15, -0.1) is 0 Å². The molecule has 2 fully saturated rings. The average molecular weight is 400 g/mol. The Hall–Kier alpha value is -1.58. The molecule has 1 aromatic rings. The zero-order chi connectivity index (χ0) is 18.2. The lowest BCUT2D eigenvalue weighted by atomic mass is 10.1. The molecule has 2 heterocycles. The summed E-state index contributed by atoms with van der Waals surface area (Å²) in [5.41, 5.74) is 0.725. The highest BCUT2D eigenvalue weighted by molar-refractivity contribution is 8.26. The number of thiocarbonyl (C=S) groups is 1. The van der Waals surface area contributed by atoms with E-state index in [1.807, 2.05) is 0 Å². The summed E-state index contributed by atoms with van der Waals surface area (Å²) in [6, 6.07) is 4.93. The second-order valence-corrected chi connectivity index (χ2v) is 9.62. The van der Waals surface area contributed by atoms with Crippen molar-refractivity contribution in [1.29, 1.82) is 0 Å². The largest absolute Gasteiger partial charge is 0.497 e. The molecule has 1 atom stereocenters. The summed E-state index contributed by atoms with van der Waals surface area (Å²) < 4.78 is 34.3. The molecule has 1 aromatic carbocycles. The lowest BCUT2D eigenvalue weighted by Gasteiger charge is -2.20.